The lowest BCUT2D eigenvalue weighted by Crippen LogP contribution is -2.14. The number of rotatable bonds is 12. The molecule has 35 heavy (non-hydrogen) atoms. The fourth-order valence-electron chi connectivity index (χ4n) is 6.68. The number of unbranched alkanes of at least 4 members (excludes halogenated alkanes) is 6. The first-order valence-electron chi connectivity index (χ1n) is 15.2. The first-order valence-corrected chi connectivity index (χ1v) is 15.2. The van der Waals surface area contributed by atoms with E-state index in [9.17, 15) is 0 Å². The minimum Gasteiger partial charge on any atom is -0.236 e. The van der Waals surface area contributed by atoms with Crippen molar-refractivity contribution in [2.75, 3.05) is 0 Å². The highest BCUT2D eigenvalue weighted by molar-refractivity contribution is 5.55. The van der Waals surface area contributed by atoms with E-state index in [0.29, 0.717) is 5.92 Å². The quantitative estimate of drug-likeness (QED) is 0.286. The lowest BCUT2D eigenvalue weighted by atomic mass is 9.77. The molecule has 0 aliphatic heterocycles. The van der Waals surface area contributed by atoms with Crippen LogP contribution in [0.15, 0.2) is 36.7 Å². The van der Waals surface area contributed by atoms with Crippen molar-refractivity contribution in [3.8, 4) is 11.4 Å². The van der Waals surface area contributed by atoms with Crippen LogP contribution in [0, 0.1) is 11.8 Å². The van der Waals surface area contributed by atoms with Gasteiger partial charge in [0.15, 0.2) is 5.82 Å². The minimum atomic E-state index is 0.662. The second-order valence-corrected chi connectivity index (χ2v) is 11.7. The average molecular weight is 475 g/mol. The largest absolute Gasteiger partial charge is 0.236 e. The van der Waals surface area contributed by atoms with E-state index in [0.717, 1.165) is 29.1 Å². The monoisotopic (exact) mass is 474 g/mol. The molecule has 2 saturated carbocycles. The lowest BCUT2D eigenvalue weighted by molar-refractivity contribution is 0.301. The van der Waals surface area contributed by atoms with Crippen LogP contribution in [0.3, 0.4) is 0 Å². The molecule has 2 fully saturated rings. The van der Waals surface area contributed by atoms with Gasteiger partial charge in [-0.15, -0.1) is 0 Å². The lowest BCUT2D eigenvalue weighted by Gasteiger charge is -2.28. The third kappa shape index (κ3) is 7.89. The summed E-state index contributed by atoms with van der Waals surface area (Å²) in [5.41, 5.74) is 4.02. The third-order valence-electron chi connectivity index (χ3n) is 9.27. The van der Waals surface area contributed by atoms with Crippen LogP contribution in [0.1, 0.15) is 146 Å². The van der Waals surface area contributed by atoms with Crippen LogP contribution >= 0.6 is 0 Å². The third-order valence-corrected chi connectivity index (χ3v) is 9.27. The summed E-state index contributed by atoms with van der Waals surface area (Å²) in [5, 5.41) is 0. The highest BCUT2D eigenvalue weighted by Gasteiger charge is 2.23. The molecule has 2 aliphatic rings. The fraction of sp³-hybridized carbons (Fsp3) is 0.697. The number of aromatic nitrogens is 2. The Kier molecular flexibility index (Phi) is 10.7. The van der Waals surface area contributed by atoms with Crippen molar-refractivity contribution in [3.05, 3.63) is 47.8 Å². The second-order valence-electron chi connectivity index (χ2n) is 11.7. The molecule has 1 aromatic carbocycles. The molecule has 2 aromatic rings. The molecular weight excluding hydrogens is 424 g/mol. The van der Waals surface area contributed by atoms with E-state index in [1.54, 1.807) is 0 Å². The first kappa shape index (κ1) is 26.4. The number of hydrogen-bond donors (Lipinski definition) is 0. The summed E-state index contributed by atoms with van der Waals surface area (Å²) in [6, 6.07) is 9.14. The van der Waals surface area contributed by atoms with Crippen LogP contribution in [0.2, 0.25) is 0 Å². The van der Waals surface area contributed by atoms with Gasteiger partial charge in [0.05, 0.1) is 0 Å². The van der Waals surface area contributed by atoms with Gasteiger partial charge in [-0.1, -0.05) is 95.9 Å². The van der Waals surface area contributed by atoms with Gasteiger partial charge < -0.3 is 0 Å². The van der Waals surface area contributed by atoms with Gasteiger partial charge in [0.2, 0.25) is 0 Å². The van der Waals surface area contributed by atoms with Crippen molar-refractivity contribution >= 4 is 0 Å². The second kappa shape index (κ2) is 14.1. The van der Waals surface area contributed by atoms with Gasteiger partial charge >= 0.3 is 0 Å². The summed E-state index contributed by atoms with van der Waals surface area (Å²) in [6.45, 7) is 4.64. The maximum atomic E-state index is 4.79. The summed E-state index contributed by atoms with van der Waals surface area (Å²) in [6.07, 6.45) is 27.9. The van der Waals surface area contributed by atoms with Crippen LogP contribution in [0.25, 0.3) is 11.4 Å². The van der Waals surface area contributed by atoms with E-state index in [4.69, 9.17) is 9.97 Å². The van der Waals surface area contributed by atoms with E-state index in [-0.39, 0.29) is 0 Å². The Labute approximate surface area is 215 Å². The van der Waals surface area contributed by atoms with Crippen LogP contribution < -0.4 is 0 Å². The maximum Gasteiger partial charge on any atom is 0.159 e. The minimum absolute atomic E-state index is 0.662. The predicted octanol–water partition coefficient (Wildman–Crippen LogP) is 10.2. The Bertz CT molecular complexity index is 824. The van der Waals surface area contributed by atoms with Gasteiger partial charge in [0.1, 0.15) is 0 Å². The predicted molar refractivity (Wildman–Crippen MR) is 150 cm³/mol. The van der Waals surface area contributed by atoms with Gasteiger partial charge in [-0.05, 0) is 86.2 Å². The van der Waals surface area contributed by atoms with Crippen LogP contribution in [0.5, 0.6) is 0 Å². The van der Waals surface area contributed by atoms with Gasteiger partial charge in [-0.3, -0.25) is 0 Å². The average Bonchev–Trinajstić information content (AvgIpc) is 2.93. The van der Waals surface area contributed by atoms with E-state index >= 15 is 0 Å². The molecule has 4 rings (SSSR count). The molecule has 2 aliphatic carbocycles. The molecule has 0 unspecified atom stereocenters. The zero-order valence-corrected chi connectivity index (χ0v) is 22.7. The van der Waals surface area contributed by atoms with Gasteiger partial charge in [-0.2, -0.15) is 0 Å². The van der Waals surface area contributed by atoms with E-state index in [2.05, 4.69) is 50.5 Å². The van der Waals surface area contributed by atoms with Gasteiger partial charge in [0, 0.05) is 18.0 Å². The topological polar surface area (TPSA) is 25.8 Å². The van der Waals surface area contributed by atoms with Crippen LogP contribution in [-0.4, -0.2) is 9.97 Å². The molecule has 0 radical (unpaired) electrons. The van der Waals surface area contributed by atoms with Crippen molar-refractivity contribution in [2.45, 2.75) is 135 Å². The number of hydrogen-bond acceptors (Lipinski definition) is 2. The van der Waals surface area contributed by atoms with Gasteiger partial charge in [-0.25, -0.2) is 9.97 Å². The van der Waals surface area contributed by atoms with Crippen molar-refractivity contribution in [2.24, 2.45) is 11.8 Å². The Hall–Kier alpha value is -1.70. The molecule has 2 nitrogen and oxygen atoms in total. The van der Waals surface area contributed by atoms with Crippen LogP contribution in [0.4, 0.5) is 0 Å². The molecule has 0 bridgehead atoms. The number of benzene rings is 1. The summed E-state index contributed by atoms with van der Waals surface area (Å²) >= 11 is 0. The molecule has 0 N–H and O–H groups in total. The Morgan fingerprint density at radius 1 is 0.600 bits per heavy atom. The molecule has 1 heterocycles. The normalized spacial score (nSPS) is 25.0. The molecule has 192 valence electrons. The van der Waals surface area contributed by atoms with Crippen molar-refractivity contribution in [1.82, 2.24) is 9.97 Å². The van der Waals surface area contributed by atoms with E-state index < -0.39 is 0 Å². The molecule has 0 spiro atoms. The van der Waals surface area contributed by atoms with E-state index in [1.807, 2.05) is 0 Å². The zero-order valence-electron chi connectivity index (χ0n) is 22.7. The summed E-state index contributed by atoms with van der Waals surface area (Å²) < 4.78 is 0. The van der Waals surface area contributed by atoms with Gasteiger partial charge in [0.25, 0.3) is 0 Å². The highest BCUT2D eigenvalue weighted by Crippen LogP contribution is 2.39. The zero-order chi connectivity index (χ0) is 24.3. The van der Waals surface area contributed by atoms with Crippen molar-refractivity contribution in [1.29, 1.82) is 0 Å². The molecule has 2 heteroatoms. The Morgan fingerprint density at radius 2 is 1.14 bits per heavy atom. The van der Waals surface area contributed by atoms with Crippen molar-refractivity contribution in [3.63, 3.8) is 0 Å². The summed E-state index contributed by atoms with van der Waals surface area (Å²) in [5.74, 6) is 4.20. The number of nitrogens with zero attached hydrogens (tertiary/aromatic N) is 2. The standard InChI is InChI=1S/C33H50N2/c1-3-5-6-7-8-9-10-11-27-14-18-30(19-15-27)32-24-34-33(35-25-32)31-22-20-29(21-23-31)28-16-12-26(4-2)13-17-28/h20-28,30H,3-19H2,1-2H3. The molecular formula is C33H50N2. The Balaban J connectivity index is 1.19. The molecule has 0 amide bonds. The molecule has 0 atom stereocenters. The molecule has 0 saturated heterocycles. The summed E-state index contributed by atoms with van der Waals surface area (Å²) in [7, 11) is 0. The fourth-order valence-corrected chi connectivity index (χ4v) is 6.68. The van der Waals surface area contributed by atoms with Crippen molar-refractivity contribution < 1.29 is 0 Å². The summed E-state index contributed by atoms with van der Waals surface area (Å²) in [4.78, 5) is 9.57. The maximum absolute atomic E-state index is 4.79. The van der Waals surface area contributed by atoms with Crippen LogP contribution in [-0.2, 0) is 0 Å². The highest BCUT2D eigenvalue weighted by atomic mass is 14.9. The SMILES string of the molecule is CCCCCCCCCC1CCC(c2cnc(-c3ccc(C4CCC(CC)CC4)cc3)nc2)CC1. The smallest absolute Gasteiger partial charge is 0.159 e. The molecule has 1 aromatic heterocycles. The first-order chi connectivity index (χ1) is 17.3. The van der Waals surface area contributed by atoms with E-state index in [1.165, 1.54) is 120 Å². The Morgan fingerprint density at radius 3 is 1.74 bits per heavy atom.